The molecule has 6 nitrogen and oxygen atoms in total. The maximum Gasteiger partial charge on any atom is 0.225 e. The van der Waals surface area contributed by atoms with E-state index in [0.717, 1.165) is 36.0 Å². The van der Waals surface area contributed by atoms with Gasteiger partial charge in [0.15, 0.2) is 5.65 Å². The lowest BCUT2D eigenvalue weighted by molar-refractivity contribution is 1.06. The van der Waals surface area contributed by atoms with Crippen molar-refractivity contribution in [2.75, 3.05) is 37.1 Å². The van der Waals surface area contributed by atoms with Gasteiger partial charge in [-0.15, -0.1) is 0 Å². The molecule has 25 heavy (non-hydrogen) atoms. The van der Waals surface area contributed by atoms with Crippen molar-refractivity contribution in [2.24, 2.45) is 0 Å². The minimum atomic E-state index is 0.373. The van der Waals surface area contributed by atoms with Crippen LogP contribution in [0.1, 0.15) is 0 Å². The average molecular weight is 553 g/mol. The van der Waals surface area contributed by atoms with Gasteiger partial charge >= 0.3 is 0 Å². The fourth-order valence-corrected chi connectivity index (χ4v) is 5.57. The molecule has 1 aromatic carbocycles. The lowest BCUT2D eigenvalue weighted by Crippen LogP contribution is -2.05. The highest BCUT2D eigenvalue weighted by molar-refractivity contribution is 9.11. The van der Waals surface area contributed by atoms with Gasteiger partial charge in [0.1, 0.15) is 11.0 Å². The van der Waals surface area contributed by atoms with Crippen LogP contribution in [0.25, 0.3) is 16.7 Å². The summed E-state index contributed by atoms with van der Waals surface area (Å²) < 4.78 is 4.74. The molecule has 0 bridgehead atoms. The van der Waals surface area contributed by atoms with Gasteiger partial charge in [0, 0.05) is 34.6 Å². The highest BCUT2D eigenvalue weighted by Gasteiger charge is 2.24. The normalized spacial score (nSPS) is 11.0. The molecule has 0 aliphatic heterocycles. The minimum Gasteiger partial charge on any atom is -0.384 e. The monoisotopic (exact) mass is 550 g/mol. The standard InChI is InChI=1S/C15H14Br3ClN6/c1-20-10-9-12(19)23-15(22-3)24-13(9)25(14(10)21-2)11-7(17)4-6(16)5-8(11)18/h4-5,20-21H,1-3H3,(H,22,23,24). The molecule has 0 fully saturated rings. The second kappa shape index (κ2) is 7.30. The van der Waals surface area contributed by atoms with Crippen LogP contribution in [-0.2, 0) is 0 Å². The van der Waals surface area contributed by atoms with Gasteiger partial charge in [-0.1, -0.05) is 27.5 Å². The van der Waals surface area contributed by atoms with E-state index >= 15 is 0 Å². The fourth-order valence-electron chi connectivity index (χ4n) is 2.69. The molecule has 3 aromatic rings. The van der Waals surface area contributed by atoms with E-state index in [1.807, 2.05) is 30.8 Å². The van der Waals surface area contributed by atoms with Gasteiger partial charge in [-0.3, -0.25) is 4.57 Å². The number of aromatic nitrogens is 3. The highest BCUT2D eigenvalue weighted by Crippen LogP contribution is 2.43. The first-order valence-corrected chi connectivity index (χ1v) is 9.98. The van der Waals surface area contributed by atoms with Crippen LogP contribution >= 0.6 is 59.4 Å². The first kappa shape index (κ1) is 18.8. The van der Waals surface area contributed by atoms with Crippen molar-refractivity contribution in [1.82, 2.24) is 14.5 Å². The molecule has 0 atom stereocenters. The van der Waals surface area contributed by atoms with E-state index in [1.54, 1.807) is 7.05 Å². The number of fused-ring (bicyclic) bond motifs is 1. The number of benzene rings is 1. The molecule has 3 rings (SSSR count). The Kier molecular flexibility index (Phi) is 5.48. The van der Waals surface area contributed by atoms with Crippen molar-refractivity contribution in [3.8, 4) is 5.69 Å². The lowest BCUT2D eigenvalue weighted by Gasteiger charge is -2.15. The Bertz CT molecular complexity index is 949. The molecular weight excluding hydrogens is 539 g/mol. The van der Waals surface area contributed by atoms with Gasteiger partial charge in [-0.2, -0.15) is 4.98 Å². The van der Waals surface area contributed by atoms with Crippen molar-refractivity contribution in [2.45, 2.75) is 0 Å². The summed E-state index contributed by atoms with van der Waals surface area (Å²) in [6.07, 6.45) is 0. The average Bonchev–Trinajstić information content (AvgIpc) is 2.87. The van der Waals surface area contributed by atoms with Gasteiger partial charge in [0.25, 0.3) is 0 Å². The van der Waals surface area contributed by atoms with Crippen molar-refractivity contribution >= 4 is 87.9 Å². The maximum absolute atomic E-state index is 6.46. The molecule has 3 N–H and O–H groups in total. The zero-order chi connectivity index (χ0) is 18.3. The molecule has 10 heteroatoms. The van der Waals surface area contributed by atoms with Crippen LogP contribution in [-0.4, -0.2) is 35.7 Å². The summed E-state index contributed by atoms with van der Waals surface area (Å²) in [5.74, 6) is 1.27. The molecule has 0 saturated heterocycles. The number of nitrogens with one attached hydrogen (secondary N) is 3. The summed E-state index contributed by atoms with van der Waals surface area (Å²) >= 11 is 17.3. The van der Waals surface area contributed by atoms with Crippen LogP contribution < -0.4 is 16.0 Å². The van der Waals surface area contributed by atoms with E-state index in [0.29, 0.717) is 16.7 Å². The minimum absolute atomic E-state index is 0.373. The van der Waals surface area contributed by atoms with Crippen molar-refractivity contribution in [3.63, 3.8) is 0 Å². The van der Waals surface area contributed by atoms with Gasteiger partial charge in [-0.05, 0) is 44.0 Å². The van der Waals surface area contributed by atoms with E-state index < -0.39 is 0 Å². The number of halogens is 4. The molecule has 0 aliphatic rings. The van der Waals surface area contributed by atoms with Gasteiger partial charge in [0.05, 0.1) is 16.8 Å². The summed E-state index contributed by atoms with van der Waals surface area (Å²) in [5, 5.41) is 10.5. The van der Waals surface area contributed by atoms with Crippen LogP contribution in [0.4, 0.5) is 17.5 Å². The van der Waals surface area contributed by atoms with Gasteiger partial charge in [0.2, 0.25) is 5.95 Å². The smallest absolute Gasteiger partial charge is 0.225 e. The summed E-state index contributed by atoms with van der Waals surface area (Å²) in [6, 6.07) is 3.96. The molecular formula is C15H14Br3ClN6. The number of rotatable bonds is 4. The molecule has 132 valence electrons. The first-order valence-electron chi connectivity index (χ1n) is 7.23. The topological polar surface area (TPSA) is 66.8 Å². The van der Waals surface area contributed by atoms with E-state index in [9.17, 15) is 0 Å². The molecule has 0 spiro atoms. The van der Waals surface area contributed by atoms with E-state index in [2.05, 4.69) is 73.7 Å². The summed E-state index contributed by atoms with van der Waals surface area (Å²) in [5.41, 5.74) is 2.41. The van der Waals surface area contributed by atoms with Gasteiger partial charge in [-0.25, -0.2) is 4.98 Å². The molecule has 0 amide bonds. The third-order valence-electron chi connectivity index (χ3n) is 3.68. The molecule has 0 saturated carbocycles. The second-order valence-electron chi connectivity index (χ2n) is 5.06. The zero-order valence-electron chi connectivity index (χ0n) is 13.5. The SMILES string of the molecule is CNc1nc(Cl)c2c(NC)c(NC)n(-c3c(Br)cc(Br)cc3Br)c2n1. The fraction of sp³-hybridized carbons (Fsp3) is 0.200. The van der Waals surface area contributed by atoms with Crippen molar-refractivity contribution < 1.29 is 0 Å². The Morgan fingerprint density at radius 2 is 1.60 bits per heavy atom. The predicted molar refractivity (Wildman–Crippen MR) is 116 cm³/mol. The molecule has 2 heterocycles. The first-order chi connectivity index (χ1) is 11.9. The quantitative estimate of drug-likeness (QED) is 0.373. The van der Waals surface area contributed by atoms with E-state index in [-0.39, 0.29) is 0 Å². The Labute approximate surface area is 175 Å². The predicted octanol–water partition coefficient (Wildman–Crippen LogP) is 5.49. The lowest BCUT2D eigenvalue weighted by atomic mass is 10.3. The summed E-state index contributed by atoms with van der Waals surface area (Å²) in [6.45, 7) is 0. The van der Waals surface area contributed by atoms with Crippen molar-refractivity contribution in [3.05, 3.63) is 30.7 Å². The highest BCUT2D eigenvalue weighted by atomic mass is 79.9. The third kappa shape index (κ3) is 3.11. The number of hydrogen-bond acceptors (Lipinski definition) is 5. The third-order valence-corrected chi connectivity index (χ3v) is 5.62. The molecule has 0 aliphatic carbocycles. The van der Waals surface area contributed by atoms with Crippen LogP contribution in [0, 0.1) is 0 Å². The number of hydrogen-bond donors (Lipinski definition) is 3. The van der Waals surface area contributed by atoms with Crippen LogP contribution in [0.5, 0.6) is 0 Å². The van der Waals surface area contributed by atoms with Crippen molar-refractivity contribution in [1.29, 1.82) is 0 Å². The number of nitrogens with zero attached hydrogens (tertiary/aromatic N) is 3. The van der Waals surface area contributed by atoms with E-state index in [4.69, 9.17) is 11.6 Å². The summed E-state index contributed by atoms with van der Waals surface area (Å²) in [4.78, 5) is 8.94. The van der Waals surface area contributed by atoms with Crippen LogP contribution in [0.3, 0.4) is 0 Å². The van der Waals surface area contributed by atoms with E-state index in [1.165, 1.54) is 0 Å². The molecule has 2 aromatic heterocycles. The summed E-state index contributed by atoms with van der Waals surface area (Å²) in [7, 11) is 5.45. The largest absolute Gasteiger partial charge is 0.384 e. The molecule has 0 unspecified atom stereocenters. The second-order valence-corrected chi connectivity index (χ2v) is 8.05. The van der Waals surface area contributed by atoms with Crippen LogP contribution in [0.15, 0.2) is 25.6 Å². The molecule has 0 radical (unpaired) electrons. The van der Waals surface area contributed by atoms with Gasteiger partial charge < -0.3 is 16.0 Å². The Morgan fingerprint density at radius 3 is 2.12 bits per heavy atom. The maximum atomic E-state index is 6.46. The Hall–Kier alpha value is -1.03. The Balaban J connectivity index is 2.52. The van der Waals surface area contributed by atoms with Crippen LogP contribution in [0.2, 0.25) is 5.15 Å². The number of anilines is 3. The Morgan fingerprint density at radius 1 is 0.960 bits per heavy atom. The zero-order valence-corrected chi connectivity index (χ0v) is 19.0.